The molecule has 2 aromatic rings. The van der Waals surface area contributed by atoms with Gasteiger partial charge >= 0.3 is 0 Å². The lowest BCUT2D eigenvalue weighted by atomic mass is 10.3. The fourth-order valence-corrected chi connectivity index (χ4v) is 1.23. The molecule has 0 saturated carbocycles. The Hall–Kier alpha value is -1.84. The first kappa shape index (κ1) is 8.74. The van der Waals surface area contributed by atoms with E-state index in [-0.39, 0.29) is 5.56 Å². The monoisotopic (exact) mass is 190 g/mol. The minimum absolute atomic E-state index is 0.0946. The molecule has 14 heavy (non-hydrogen) atoms. The van der Waals surface area contributed by atoms with Gasteiger partial charge in [-0.1, -0.05) is 0 Å². The maximum atomic E-state index is 11.2. The Kier molecular flexibility index (Phi) is 2.18. The molecule has 0 unspecified atom stereocenters. The molecule has 0 aliphatic rings. The molecule has 2 rings (SSSR count). The largest absolute Gasteiger partial charge is 0.463 e. The van der Waals surface area contributed by atoms with Gasteiger partial charge < -0.3 is 4.42 Å². The van der Waals surface area contributed by atoms with Crippen molar-refractivity contribution in [2.45, 2.75) is 13.5 Å². The summed E-state index contributed by atoms with van der Waals surface area (Å²) in [4.78, 5) is 11.2. The molecule has 2 aromatic heterocycles. The molecule has 0 amide bonds. The first-order valence-corrected chi connectivity index (χ1v) is 4.43. The highest BCUT2D eigenvalue weighted by atomic mass is 16.3. The van der Waals surface area contributed by atoms with Crippen molar-refractivity contribution < 1.29 is 4.42 Å². The van der Waals surface area contributed by atoms with Crippen LogP contribution in [0.25, 0.3) is 11.5 Å². The lowest BCUT2D eigenvalue weighted by Gasteiger charge is -2.01. The van der Waals surface area contributed by atoms with Gasteiger partial charge in [-0.3, -0.25) is 4.79 Å². The quantitative estimate of drug-likeness (QED) is 0.721. The van der Waals surface area contributed by atoms with E-state index in [1.807, 2.05) is 13.0 Å². The van der Waals surface area contributed by atoms with Crippen molar-refractivity contribution in [3.63, 3.8) is 0 Å². The molecule has 0 N–H and O–H groups in total. The molecule has 0 spiro atoms. The molecule has 0 aliphatic heterocycles. The van der Waals surface area contributed by atoms with Gasteiger partial charge in [0.25, 0.3) is 5.56 Å². The van der Waals surface area contributed by atoms with E-state index in [1.54, 1.807) is 18.4 Å². The fourth-order valence-electron chi connectivity index (χ4n) is 1.23. The van der Waals surface area contributed by atoms with Gasteiger partial charge in [0.05, 0.1) is 6.26 Å². The van der Waals surface area contributed by atoms with Crippen molar-refractivity contribution in [1.29, 1.82) is 0 Å². The summed E-state index contributed by atoms with van der Waals surface area (Å²) in [5.74, 6) is 0.673. The van der Waals surface area contributed by atoms with Crippen LogP contribution in [0.1, 0.15) is 6.92 Å². The van der Waals surface area contributed by atoms with Crippen molar-refractivity contribution >= 4 is 0 Å². The van der Waals surface area contributed by atoms with Crippen LogP contribution in [0.3, 0.4) is 0 Å². The van der Waals surface area contributed by atoms with Crippen LogP contribution >= 0.6 is 0 Å². The summed E-state index contributed by atoms with van der Waals surface area (Å²) >= 11 is 0. The van der Waals surface area contributed by atoms with Gasteiger partial charge in [-0.05, 0) is 25.1 Å². The topological polar surface area (TPSA) is 48.0 Å². The number of aromatic nitrogens is 2. The molecule has 0 bridgehead atoms. The Morgan fingerprint density at radius 2 is 2.29 bits per heavy atom. The maximum absolute atomic E-state index is 11.2. The smallest absolute Gasteiger partial charge is 0.266 e. The normalized spacial score (nSPS) is 10.4. The van der Waals surface area contributed by atoms with E-state index in [1.165, 1.54) is 10.7 Å². The Bertz CT molecular complexity index is 471. The average molecular weight is 190 g/mol. The van der Waals surface area contributed by atoms with Crippen LogP contribution < -0.4 is 5.56 Å². The third-order valence-corrected chi connectivity index (χ3v) is 1.94. The van der Waals surface area contributed by atoms with E-state index in [0.717, 1.165) is 0 Å². The van der Waals surface area contributed by atoms with Gasteiger partial charge in [0, 0.05) is 12.6 Å². The standard InChI is InChI=1S/C10H10N2O2/c1-2-12-10(13)6-5-8(11-12)9-4-3-7-14-9/h3-7H,2H2,1H3. The van der Waals surface area contributed by atoms with E-state index >= 15 is 0 Å². The van der Waals surface area contributed by atoms with Gasteiger partial charge in [0.2, 0.25) is 0 Å². The summed E-state index contributed by atoms with van der Waals surface area (Å²) in [7, 11) is 0. The van der Waals surface area contributed by atoms with Crippen molar-refractivity contribution in [3.05, 3.63) is 40.9 Å². The SMILES string of the molecule is CCn1nc(-c2ccco2)ccc1=O. The summed E-state index contributed by atoms with van der Waals surface area (Å²) in [6.07, 6.45) is 1.58. The Balaban J connectivity index is 2.51. The van der Waals surface area contributed by atoms with Crippen LogP contribution in [-0.2, 0) is 6.54 Å². The highest BCUT2D eigenvalue weighted by Crippen LogP contribution is 2.14. The Morgan fingerprint density at radius 1 is 1.43 bits per heavy atom. The first-order chi connectivity index (χ1) is 6.81. The second-order valence-electron chi connectivity index (χ2n) is 2.85. The lowest BCUT2D eigenvalue weighted by molar-refractivity contribution is 0.565. The van der Waals surface area contributed by atoms with E-state index < -0.39 is 0 Å². The molecule has 72 valence electrons. The molecule has 0 fully saturated rings. The minimum Gasteiger partial charge on any atom is -0.463 e. The van der Waals surface area contributed by atoms with Crippen molar-refractivity contribution in [3.8, 4) is 11.5 Å². The highest BCUT2D eigenvalue weighted by molar-refractivity contribution is 5.50. The second-order valence-corrected chi connectivity index (χ2v) is 2.85. The maximum Gasteiger partial charge on any atom is 0.266 e. The number of furan rings is 1. The average Bonchev–Trinajstić information content (AvgIpc) is 2.71. The zero-order valence-corrected chi connectivity index (χ0v) is 7.80. The molecule has 0 atom stereocenters. The number of hydrogen-bond acceptors (Lipinski definition) is 3. The summed E-state index contributed by atoms with van der Waals surface area (Å²) in [5.41, 5.74) is 0.583. The predicted molar refractivity (Wildman–Crippen MR) is 51.9 cm³/mol. The Morgan fingerprint density at radius 3 is 2.93 bits per heavy atom. The summed E-state index contributed by atoms with van der Waals surface area (Å²) in [5, 5.41) is 4.14. The van der Waals surface area contributed by atoms with E-state index in [9.17, 15) is 4.79 Å². The molecule has 4 nitrogen and oxygen atoms in total. The van der Waals surface area contributed by atoms with E-state index in [2.05, 4.69) is 5.10 Å². The number of nitrogens with zero attached hydrogens (tertiary/aromatic N) is 2. The Labute approximate surface area is 80.8 Å². The zero-order valence-electron chi connectivity index (χ0n) is 7.80. The number of aryl methyl sites for hydroxylation is 1. The second kappa shape index (κ2) is 3.49. The third kappa shape index (κ3) is 1.46. The van der Waals surface area contributed by atoms with Crippen LogP contribution in [0, 0.1) is 0 Å². The van der Waals surface area contributed by atoms with Crippen molar-refractivity contribution in [2.24, 2.45) is 0 Å². The summed E-state index contributed by atoms with van der Waals surface area (Å²) < 4.78 is 6.58. The first-order valence-electron chi connectivity index (χ1n) is 4.43. The third-order valence-electron chi connectivity index (χ3n) is 1.94. The molecule has 2 heterocycles. The minimum atomic E-state index is -0.0946. The molecule has 0 aliphatic carbocycles. The van der Waals surface area contributed by atoms with E-state index in [4.69, 9.17) is 4.42 Å². The van der Waals surface area contributed by atoms with Crippen molar-refractivity contribution in [2.75, 3.05) is 0 Å². The van der Waals surface area contributed by atoms with Gasteiger partial charge in [-0.25, -0.2) is 4.68 Å². The lowest BCUT2D eigenvalue weighted by Crippen LogP contribution is -2.20. The van der Waals surface area contributed by atoms with Crippen molar-refractivity contribution in [1.82, 2.24) is 9.78 Å². The molecule has 0 radical (unpaired) electrons. The molecular formula is C10H10N2O2. The van der Waals surface area contributed by atoms with Crippen LogP contribution in [-0.4, -0.2) is 9.78 Å². The summed E-state index contributed by atoms with van der Waals surface area (Å²) in [6.45, 7) is 2.44. The molecular weight excluding hydrogens is 180 g/mol. The predicted octanol–water partition coefficient (Wildman–Crippen LogP) is 1.52. The zero-order chi connectivity index (χ0) is 9.97. The van der Waals surface area contributed by atoms with Crippen LogP contribution in [0.2, 0.25) is 0 Å². The van der Waals surface area contributed by atoms with Gasteiger partial charge in [-0.15, -0.1) is 0 Å². The van der Waals surface area contributed by atoms with Gasteiger partial charge in [-0.2, -0.15) is 5.10 Å². The molecule has 0 saturated heterocycles. The summed E-state index contributed by atoms with van der Waals surface area (Å²) in [6, 6.07) is 6.76. The highest BCUT2D eigenvalue weighted by Gasteiger charge is 2.03. The number of hydrogen-bond donors (Lipinski definition) is 0. The fraction of sp³-hybridized carbons (Fsp3) is 0.200. The van der Waals surface area contributed by atoms with Gasteiger partial charge in [0.1, 0.15) is 5.69 Å². The molecule has 4 heteroatoms. The van der Waals surface area contributed by atoms with Crippen LogP contribution in [0.5, 0.6) is 0 Å². The van der Waals surface area contributed by atoms with Gasteiger partial charge in [0.15, 0.2) is 5.76 Å². The van der Waals surface area contributed by atoms with E-state index in [0.29, 0.717) is 18.0 Å². The van der Waals surface area contributed by atoms with Crippen LogP contribution in [0.15, 0.2) is 39.7 Å². The van der Waals surface area contributed by atoms with Crippen LogP contribution in [0.4, 0.5) is 0 Å². The molecule has 0 aromatic carbocycles. The number of rotatable bonds is 2.